The number of benzene rings is 2. The molecule has 2 fully saturated rings. The summed E-state index contributed by atoms with van der Waals surface area (Å²) >= 11 is 0. The molecule has 1 N–H and O–H groups in total. The summed E-state index contributed by atoms with van der Waals surface area (Å²) in [4.78, 5) is 5.64. The third-order valence-electron chi connectivity index (χ3n) is 6.62. The zero-order valence-electron chi connectivity index (χ0n) is 17.9. The predicted octanol–water partition coefficient (Wildman–Crippen LogP) is 4.80. The molecule has 2 aliphatic rings. The van der Waals surface area contributed by atoms with E-state index in [2.05, 4.69) is 34.7 Å². The first-order chi connectivity index (χ1) is 15.8. The number of piperidine rings is 1. The number of hydrogen-bond acceptors (Lipinski definition) is 4. The minimum absolute atomic E-state index is 0.330. The fourth-order valence-electron chi connectivity index (χ4n) is 4.59. The number of nitrogens with zero attached hydrogens (tertiary/aromatic N) is 3. The highest BCUT2D eigenvalue weighted by atomic mass is 32.2. The van der Waals surface area contributed by atoms with Crippen molar-refractivity contribution in [2.24, 2.45) is 0 Å². The maximum atomic E-state index is 12.6. The van der Waals surface area contributed by atoms with Crippen molar-refractivity contribution >= 4 is 16.4 Å². The fraction of sp³-hybridized carbons (Fsp3) is 0.308. The van der Waals surface area contributed by atoms with Crippen molar-refractivity contribution in [3.63, 3.8) is 0 Å². The molecule has 6 heteroatoms. The van der Waals surface area contributed by atoms with Gasteiger partial charge in [-0.2, -0.15) is 5.10 Å². The van der Waals surface area contributed by atoms with Crippen molar-refractivity contribution in [3.8, 4) is 22.3 Å². The Morgan fingerprint density at radius 2 is 1.72 bits per heavy atom. The van der Waals surface area contributed by atoms with Crippen LogP contribution in [0.1, 0.15) is 37.2 Å². The molecule has 1 aliphatic carbocycles. The average Bonchev–Trinajstić information content (AvgIpc) is 3.63. The van der Waals surface area contributed by atoms with E-state index in [1.54, 1.807) is 0 Å². The molecule has 6 rings (SSSR count). The minimum Gasteiger partial charge on any atom is -0.317 e. The van der Waals surface area contributed by atoms with Crippen LogP contribution in [0.25, 0.3) is 27.9 Å². The predicted molar refractivity (Wildman–Crippen MR) is 128 cm³/mol. The van der Waals surface area contributed by atoms with Crippen LogP contribution in [0.4, 0.5) is 0 Å². The van der Waals surface area contributed by atoms with Gasteiger partial charge in [0.15, 0.2) is 5.65 Å². The van der Waals surface area contributed by atoms with Gasteiger partial charge in [-0.15, -0.1) is 0 Å². The Balaban J connectivity index is 1.28. The highest BCUT2D eigenvalue weighted by Gasteiger charge is 2.29. The highest BCUT2D eigenvalue weighted by Crippen LogP contribution is 2.33. The molecule has 1 atom stereocenters. The monoisotopic (exact) mass is 442 g/mol. The molecule has 32 heavy (non-hydrogen) atoms. The van der Waals surface area contributed by atoms with E-state index in [-0.39, 0.29) is 0 Å². The molecule has 162 valence electrons. The summed E-state index contributed by atoms with van der Waals surface area (Å²) in [6.45, 7) is 2.21. The largest absolute Gasteiger partial charge is 0.317 e. The number of fused-ring (bicyclic) bond motifs is 1. The number of nitrogens with one attached hydrogen (secondary N) is 1. The molecule has 2 aromatic heterocycles. The summed E-state index contributed by atoms with van der Waals surface area (Å²) in [7, 11) is -0.913. The molecule has 5 nitrogen and oxygen atoms in total. The van der Waals surface area contributed by atoms with Crippen molar-refractivity contribution < 1.29 is 4.21 Å². The van der Waals surface area contributed by atoms with Gasteiger partial charge in [-0.1, -0.05) is 36.4 Å². The Morgan fingerprint density at radius 3 is 2.50 bits per heavy atom. The van der Waals surface area contributed by atoms with Crippen molar-refractivity contribution in [2.75, 3.05) is 13.1 Å². The van der Waals surface area contributed by atoms with Gasteiger partial charge >= 0.3 is 0 Å². The van der Waals surface area contributed by atoms with Crippen LogP contribution in [0.15, 0.2) is 72.0 Å². The Morgan fingerprint density at radius 1 is 0.906 bits per heavy atom. The zero-order chi connectivity index (χ0) is 21.5. The van der Waals surface area contributed by atoms with Crippen LogP contribution in [0.3, 0.4) is 0 Å². The van der Waals surface area contributed by atoms with Gasteiger partial charge in [-0.3, -0.25) is 4.21 Å². The van der Waals surface area contributed by atoms with Crippen molar-refractivity contribution in [2.45, 2.75) is 41.7 Å². The molecule has 0 amide bonds. The van der Waals surface area contributed by atoms with Crippen LogP contribution in [0, 0.1) is 0 Å². The summed E-state index contributed by atoms with van der Waals surface area (Å²) in [5, 5.41) is 8.33. The third kappa shape index (κ3) is 3.78. The van der Waals surface area contributed by atoms with Crippen molar-refractivity contribution in [1.29, 1.82) is 0 Å². The first kappa shape index (κ1) is 19.8. The molecule has 0 bridgehead atoms. The molecule has 3 heterocycles. The lowest BCUT2D eigenvalue weighted by atomic mass is 9.89. The van der Waals surface area contributed by atoms with Gasteiger partial charge in [0.1, 0.15) is 0 Å². The van der Waals surface area contributed by atoms with Gasteiger partial charge < -0.3 is 5.32 Å². The van der Waals surface area contributed by atoms with E-state index < -0.39 is 10.8 Å². The van der Waals surface area contributed by atoms with Crippen LogP contribution < -0.4 is 5.32 Å². The standard InChI is InChI=1S/C26H26N4OS/c31-32(23-8-9-23)24-3-1-2-21(14-24)25-16-29-30-17-22(15-28-26(25)30)19-6-4-18(5-7-19)20-10-12-27-13-11-20/h1-7,14-17,20,23,27H,8-13H2. The Labute approximate surface area is 190 Å². The van der Waals surface area contributed by atoms with Crippen LogP contribution in [0.5, 0.6) is 0 Å². The van der Waals surface area contributed by atoms with E-state index in [0.717, 1.165) is 58.7 Å². The summed E-state index contributed by atoms with van der Waals surface area (Å²) in [5.74, 6) is 0.657. The number of rotatable bonds is 5. The van der Waals surface area contributed by atoms with Crippen LogP contribution >= 0.6 is 0 Å². The Hall–Kier alpha value is -2.83. The summed E-state index contributed by atoms with van der Waals surface area (Å²) in [6, 6.07) is 16.9. The number of hydrogen-bond donors (Lipinski definition) is 1. The van der Waals surface area contributed by atoms with Gasteiger partial charge in [0.2, 0.25) is 0 Å². The van der Waals surface area contributed by atoms with Crippen LogP contribution in [-0.4, -0.2) is 37.1 Å². The maximum Gasteiger partial charge on any atom is 0.162 e. The van der Waals surface area contributed by atoms with E-state index in [0.29, 0.717) is 11.2 Å². The van der Waals surface area contributed by atoms with Gasteiger partial charge in [0.05, 0.1) is 17.0 Å². The molecule has 1 saturated heterocycles. The van der Waals surface area contributed by atoms with E-state index in [1.807, 2.05) is 47.4 Å². The Kier molecular flexibility index (Phi) is 5.12. The maximum absolute atomic E-state index is 12.6. The second kappa shape index (κ2) is 8.26. The van der Waals surface area contributed by atoms with E-state index in [9.17, 15) is 4.21 Å². The molecular formula is C26H26N4OS. The lowest BCUT2D eigenvalue weighted by molar-refractivity contribution is 0.460. The minimum atomic E-state index is -0.913. The second-order valence-corrected chi connectivity index (χ2v) is 10.6. The van der Waals surface area contributed by atoms with Gasteiger partial charge in [0, 0.05) is 33.7 Å². The lowest BCUT2D eigenvalue weighted by Crippen LogP contribution is -2.26. The smallest absolute Gasteiger partial charge is 0.162 e. The molecule has 0 spiro atoms. The SMILES string of the molecule is O=S(c1cccc(-c2cnn3cc(-c4ccc(C5CCNCC5)cc4)cnc23)c1)C1CC1. The lowest BCUT2D eigenvalue weighted by Gasteiger charge is -2.23. The van der Waals surface area contributed by atoms with Gasteiger partial charge in [0.25, 0.3) is 0 Å². The summed E-state index contributed by atoms with van der Waals surface area (Å²) in [5.41, 5.74) is 6.41. The topological polar surface area (TPSA) is 59.3 Å². The van der Waals surface area contributed by atoms with Crippen LogP contribution in [0.2, 0.25) is 0 Å². The molecule has 0 radical (unpaired) electrons. The molecule has 1 aliphatic heterocycles. The van der Waals surface area contributed by atoms with E-state index >= 15 is 0 Å². The quantitative estimate of drug-likeness (QED) is 0.482. The molecule has 2 aromatic carbocycles. The van der Waals surface area contributed by atoms with Crippen molar-refractivity contribution in [1.82, 2.24) is 19.9 Å². The molecule has 1 unspecified atom stereocenters. The second-order valence-electron chi connectivity index (χ2n) is 8.84. The van der Waals surface area contributed by atoms with E-state index in [1.165, 1.54) is 18.4 Å². The molecule has 4 aromatic rings. The highest BCUT2D eigenvalue weighted by molar-refractivity contribution is 7.86. The average molecular weight is 443 g/mol. The number of aromatic nitrogens is 3. The first-order valence-corrected chi connectivity index (χ1v) is 12.6. The normalized spacial score (nSPS) is 18.1. The summed E-state index contributed by atoms with van der Waals surface area (Å²) in [6.07, 6.45) is 10.4. The van der Waals surface area contributed by atoms with Gasteiger partial charge in [-0.25, -0.2) is 9.50 Å². The third-order valence-corrected chi connectivity index (χ3v) is 8.41. The van der Waals surface area contributed by atoms with Crippen molar-refractivity contribution in [3.05, 3.63) is 72.7 Å². The van der Waals surface area contributed by atoms with Crippen LogP contribution in [-0.2, 0) is 10.8 Å². The zero-order valence-corrected chi connectivity index (χ0v) is 18.7. The first-order valence-electron chi connectivity index (χ1n) is 11.4. The molecular weight excluding hydrogens is 416 g/mol. The van der Waals surface area contributed by atoms with E-state index in [4.69, 9.17) is 4.98 Å². The fourth-order valence-corrected chi connectivity index (χ4v) is 6.00. The van der Waals surface area contributed by atoms with Gasteiger partial charge in [-0.05, 0) is 73.5 Å². The Bertz CT molecular complexity index is 1290. The summed E-state index contributed by atoms with van der Waals surface area (Å²) < 4.78 is 14.4. The molecule has 1 saturated carbocycles.